The molecular weight excluding hydrogens is 280 g/mol. The molecule has 0 atom stereocenters. The monoisotopic (exact) mass is 287 g/mol. The maximum atomic E-state index is 12.4. The van der Waals surface area contributed by atoms with Gasteiger partial charge in [-0.25, -0.2) is 0 Å². The molecule has 0 N–H and O–H groups in total. The van der Waals surface area contributed by atoms with E-state index in [2.05, 4.69) is 0 Å². The first-order valence-corrected chi connectivity index (χ1v) is 4.90. The minimum absolute atomic E-state index is 0.0182. The van der Waals surface area contributed by atoms with Crippen molar-refractivity contribution in [3.05, 3.63) is 45.0 Å². The Balaban J connectivity index is 3.21. The molecule has 0 bridgehead atoms. The molecule has 1 rings (SSSR count). The van der Waals surface area contributed by atoms with Gasteiger partial charge in [-0.05, 0) is 23.8 Å². The van der Waals surface area contributed by atoms with Gasteiger partial charge in [0, 0.05) is 11.3 Å². The SMILES string of the molecule is O=[N+]([O-])CCc1cc(C(F)(F)F)cc(C(F)(F)F)c1. The van der Waals surface area contributed by atoms with E-state index in [1.807, 2.05) is 0 Å². The van der Waals surface area contributed by atoms with Crippen LogP contribution in [0, 0.1) is 10.1 Å². The molecule has 3 nitrogen and oxygen atoms in total. The van der Waals surface area contributed by atoms with Gasteiger partial charge in [-0.15, -0.1) is 0 Å². The summed E-state index contributed by atoms with van der Waals surface area (Å²) in [7, 11) is 0. The van der Waals surface area contributed by atoms with E-state index in [0.717, 1.165) is 0 Å². The first kappa shape index (κ1) is 15.3. The van der Waals surface area contributed by atoms with Crippen molar-refractivity contribution in [3.63, 3.8) is 0 Å². The van der Waals surface area contributed by atoms with Gasteiger partial charge in [0.2, 0.25) is 6.54 Å². The lowest BCUT2D eigenvalue weighted by molar-refractivity contribution is -0.479. The molecule has 0 fully saturated rings. The zero-order valence-electron chi connectivity index (χ0n) is 9.18. The molecule has 106 valence electrons. The molecule has 0 saturated heterocycles. The Hall–Kier alpha value is -1.80. The lowest BCUT2D eigenvalue weighted by Crippen LogP contribution is -2.13. The van der Waals surface area contributed by atoms with Crippen LogP contribution in [0.3, 0.4) is 0 Å². The summed E-state index contributed by atoms with van der Waals surface area (Å²) < 4.78 is 74.6. The molecule has 0 saturated carbocycles. The molecule has 1 aromatic rings. The van der Waals surface area contributed by atoms with Gasteiger partial charge >= 0.3 is 12.4 Å². The summed E-state index contributed by atoms with van der Waals surface area (Å²) in [6.07, 6.45) is -10.4. The fourth-order valence-corrected chi connectivity index (χ4v) is 1.38. The van der Waals surface area contributed by atoms with Gasteiger partial charge in [-0.1, -0.05) is 0 Å². The standard InChI is InChI=1S/C10H7F6NO2/c11-9(12,13)7-3-6(1-2-17(18)19)4-8(5-7)10(14,15)16/h3-5H,1-2H2. The van der Waals surface area contributed by atoms with Crippen LogP contribution in [0.15, 0.2) is 18.2 Å². The number of rotatable bonds is 3. The minimum atomic E-state index is -4.94. The van der Waals surface area contributed by atoms with Crippen molar-refractivity contribution in [2.45, 2.75) is 18.8 Å². The zero-order chi connectivity index (χ0) is 14.8. The predicted octanol–water partition coefficient (Wildman–Crippen LogP) is 3.54. The van der Waals surface area contributed by atoms with Gasteiger partial charge in [0.1, 0.15) is 0 Å². The van der Waals surface area contributed by atoms with Crippen molar-refractivity contribution in [3.8, 4) is 0 Å². The van der Waals surface area contributed by atoms with Crippen LogP contribution in [0.4, 0.5) is 26.3 Å². The van der Waals surface area contributed by atoms with Crippen molar-refractivity contribution in [1.29, 1.82) is 0 Å². The van der Waals surface area contributed by atoms with Gasteiger partial charge in [-0.3, -0.25) is 10.1 Å². The molecule has 9 heteroatoms. The van der Waals surface area contributed by atoms with E-state index in [1.54, 1.807) is 0 Å². The maximum absolute atomic E-state index is 12.4. The molecule has 0 amide bonds. The summed E-state index contributed by atoms with van der Waals surface area (Å²) in [5.74, 6) is 0. The first-order chi connectivity index (χ1) is 8.50. The predicted molar refractivity (Wildman–Crippen MR) is 52.0 cm³/mol. The van der Waals surface area contributed by atoms with Crippen LogP contribution in [0.2, 0.25) is 0 Å². The Morgan fingerprint density at radius 1 is 0.947 bits per heavy atom. The number of nitrogens with zero attached hydrogens (tertiary/aromatic N) is 1. The second kappa shape index (κ2) is 5.06. The van der Waals surface area contributed by atoms with Gasteiger partial charge in [0.05, 0.1) is 11.1 Å². The van der Waals surface area contributed by atoms with Gasteiger partial charge in [-0.2, -0.15) is 26.3 Å². The number of hydrogen-bond acceptors (Lipinski definition) is 2. The second-order valence-corrected chi connectivity index (χ2v) is 3.72. The minimum Gasteiger partial charge on any atom is -0.265 e. The van der Waals surface area contributed by atoms with Crippen LogP contribution in [0.5, 0.6) is 0 Å². The topological polar surface area (TPSA) is 43.1 Å². The van der Waals surface area contributed by atoms with Crippen molar-refractivity contribution in [2.24, 2.45) is 0 Å². The molecule has 1 aromatic carbocycles. The second-order valence-electron chi connectivity index (χ2n) is 3.72. The molecule has 0 aromatic heterocycles. The summed E-state index contributed by atoms with van der Waals surface area (Å²) in [6.45, 7) is -0.737. The molecule has 0 radical (unpaired) electrons. The third-order valence-corrected chi connectivity index (χ3v) is 2.23. The number of hydrogen-bond donors (Lipinski definition) is 0. The summed E-state index contributed by atoms with van der Waals surface area (Å²) in [5, 5.41) is 10.1. The van der Waals surface area contributed by atoms with Crippen molar-refractivity contribution >= 4 is 0 Å². The van der Waals surface area contributed by atoms with Crippen LogP contribution < -0.4 is 0 Å². The van der Waals surface area contributed by atoms with E-state index in [4.69, 9.17) is 0 Å². The third-order valence-electron chi connectivity index (χ3n) is 2.23. The van der Waals surface area contributed by atoms with Crippen molar-refractivity contribution < 1.29 is 31.3 Å². The first-order valence-electron chi connectivity index (χ1n) is 4.90. The van der Waals surface area contributed by atoms with Crippen molar-refractivity contribution in [1.82, 2.24) is 0 Å². The fraction of sp³-hybridized carbons (Fsp3) is 0.400. The molecule has 0 aliphatic carbocycles. The number of benzene rings is 1. The lowest BCUT2D eigenvalue weighted by Gasteiger charge is -2.13. The average molecular weight is 287 g/mol. The summed E-state index contributed by atoms with van der Waals surface area (Å²) in [5.41, 5.74) is -3.32. The normalized spacial score (nSPS) is 12.5. The molecule has 0 heterocycles. The Morgan fingerprint density at radius 2 is 1.37 bits per heavy atom. The third kappa shape index (κ3) is 4.42. The Morgan fingerprint density at radius 3 is 1.68 bits per heavy atom. The Labute approximate surface area is 103 Å². The molecule has 19 heavy (non-hydrogen) atoms. The van der Waals surface area contributed by atoms with E-state index in [1.165, 1.54) is 0 Å². The van der Waals surface area contributed by atoms with E-state index >= 15 is 0 Å². The number of halogens is 6. The summed E-state index contributed by atoms with van der Waals surface area (Å²) >= 11 is 0. The zero-order valence-corrected chi connectivity index (χ0v) is 9.18. The highest BCUT2D eigenvalue weighted by atomic mass is 19.4. The van der Waals surface area contributed by atoms with Gasteiger partial charge in [0.15, 0.2) is 0 Å². The van der Waals surface area contributed by atoms with E-state index in [9.17, 15) is 36.5 Å². The van der Waals surface area contributed by atoms with Crippen LogP contribution in [0.25, 0.3) is 0 Å². The largest absolute Gasteiger partial charge is 0.416 e. The lowest BCUT2D eigenvalue weighted by atomic mass is 10.0. The fourth-order valence-electron chi connectivity index (χ4n) is 1.38. The highest BCUT2D eigenvalue weighted by Crippen LogP contribution is 2.36. The quantitative estimate of drug-likeness (QED) is 0.485. The molecular formula is C10H7F6NO2. The number of nitro groups is 1. The molecule has 0 unspecified atom stereocenters. The van der Waals surface area contributed by atoms with Crippen LogP contribution in [-0.2, 0) is 18.8 Å². The average Bonchev–Trinajstić information content (AvgIpc) is 2.23. The maximum Gasteiger partial charge on any atom is 0.416 e. The van der Waals surface area contributed by atoms with Crippen LogP contribution in [0.1, 0.15) is 16.7 Å². The van der Waals surface area contributed by atoms with E-state index in [-0.39, 0.29) is 11.6 Å². The summed E-state index contributed by atoms with van der Waals surface area (Å²) in [4.78, 5) is 9.29. The molecule has 0 spiro atoms. The van der Waals surface area contributed by atoms with Gasteiger partial charge < -0.3 is 0 Å². The van der Waals surface area contributed by atoms with E-state index in [0.29, 0.717) is 12.1 Å². The van der Waals surface area contributed by atoms with Crippen molar-refractivity contribution in [2.75, 3.05) is 6.54 Å². The van der Waals surface area contributed by atoms with E-state index < -0.39 is 41.4 Å². The molecule has 0 aliphatic heterocycles. The Bertz CT molecular complexity index is 448. The smallest absolute Gasteiger partial charge is 0.265 e. The highest BCUT2D eigenvalue weighted by molar-refractivity contribution is 5.33. The summed E-state index contributed by atoms with van der Waals surface area (Å²) in [6, 6.07) is 0.952. The Kier molecular flexibility index (Phi) is 4.06. The van der Waals surface area contributed by atoms with Crippen LogP contribution in [-0.4, -0.2) is 11.5 Å². The van der Waals surface area contributed by atoms with Gasteiger partial charge in [0.25, 0.3) is 0 Å². The van der Waals surface area contributed by atoms with Crippen LogP contribution >= 0.6 is 0 Å². The number of alkyl halides is 6. The molecule has 0 aliphatic rings. The highest BCUT2D eigenvalue weighted by Gasteiger charge is 2.36.